The third kappa shape index (κ3) is 5.32. The Hall–Kier alpha value is -3.39. The van der Waals surface area contributed by atoms with Gasteiger partial charge in [0.1, 0.15) is 5.82 Å². The maximum Gasteiger partial charge on any atom is 0.338 e. The first-order chi connectivity index (χ1) is 16.9. The number of carbonyl (C=O) groups is 2. The van der Waals surface area contributed by atoms with Crippen LogP contribution in [0.5, 0.6) is 0 Å². The largest absolute Gasteiger partial charge is 0.463 e. The third-order valence-corrected chi connectivity index (χ3v) is 6.56. The molecular formula is C27H33FN4O3. The lowest BCUT2D eigenvalue weighted by atomic mass is 9.93. The highest BCUT2D eigenvalue weighted by molar-refractivity contribution is 5.95. The van der Waals surface area contributed by atoms with E-state index in [1.54, 1.807) is 24.0 Å². The van der Waals surface area contributed by atoms with E-state index in [9.17, 15) is 14.0 Å². The zero-order valence-corrected chi connectivity index (χ0v) is 20.6. The highest BCUT2D eigenvalue weighted by Gasteiger charge is 2.38. The summed E-state index contributed by atoms with van der Waals surface area (Å²) in [5.41, 5.74) is 3.63. The standard InChI is InChI=1S/C27H33FN4O3/c1-4-32-23(18-30-13-15-31(16-14-30)22-12-7-6-11-21(22)28)24(26(33)35-5-2)25(29-27(32)34)20-10-8-9-19(3)17-20/h6-12,17,25H,4-5,13-16,18H2,1-3H3,(H,29,34)/t25-/m1/s1. The number of para-hydroxylation sites is 1. The Labute approximate surface area is 206 Å². The van der Waals surface area contributed by atoms with Gasteiger partial charge in [-0.05, 0) is 38.5 Å². The van der Waals surface area contributed by atoms with E-state index in [-0.39, 0.29) is 18.5 Å². The molecule has 0 aliphatic carbocycles. The SMILES string of the molecule is CCOC(=O)C1=C(CN2CCN(c3ccccc3F)CC2)N(CC)C(=O)N[C@@H]1c1cccc(C)c1. The highest BCUT2D eigenvalue weighted by atomic mass is 19.1. The summed E-state index contributed by atoms with van der Waals surface area (Å²) in [5.74, 6) is -0.646. The molecule has 2 aliphatic rings. The Morgan fingerprint density at radius 3 is 2.49 bits per heavy atom. The molecule has 2 aromatic carbocycles. The number of ether oxygens (including phenoxy) is 1. The smallest absolute Gasteiger partial charge is 0.338 e. The van der Waals surface area contributed by atoms with Gasteiger partial charge in [-0.15, -0.1) is 0 Å². The van der Waals surface area contributed by atoms with Crippen molar-refractivity contribution in [3.05, 3.63) is 76.7 Å². The second-order valence-electron chi connectivity index (χ2n) is 8.84. The summed E-state index contributed by atoms with van der Waals surface area (Å²) >= 11 is 0. The number of anilines is 1. The number of esters is 1. The van der Waals surface area contributed by atoms with Crippen LogP contribution in [0.25, 0.3) is 0 Å². The number of hydrogen-bond acceptors (Lipinski definition) is 5. The van der Waals surface area contributed by atoms with E-state index in [2.05, 4.69) is 10.2 Å². The Morgan fingerprint density at radius 1 is 1.09 bits per heavy atom. The molecular weight excluding hydrogens is 447 g/mol. The monoisotopic (exact) mass is 480 g/mol. The Kier molecular flexibility index (Phi) is 7.70. The van der Waals surface area contributed by atoms with Gasteiger partial charge in [-0.2, -0.15) is 0 Å². The Morgan fingerprint density at radius 2 is 1.83 bits per heavy atom. The number of nitrogens with zero attached hydrogens (tertiary/aromatic N) is 3. The van der Waals surface area contributed by atoms with E-state index < -0.39 is 12.0 Å². The number of likely N-dealkylation sites (N-methyl/N-ethyl adjacent to an activating group) is 1. The lowest BCUT2D eigenvalue weighted by molar-refractivity contribution is -0.139. The van der Waals surface area contributed by atoms with Crippen LogP contribution in [0.1, 0.15) is 31.0 Å². The van der Waals surface area contributed by atoms with Crippen LogP contribution in [0.2, 0.25) is 0 Å². The number of benzene rings is 2. The van der Waals surface area contributed by atoms with Crippen molar-refractivity contribution in [2.24, 2.45) is 0 Å². The van der Waals surface area contributed by atoms with Gasteiger partial charge in [-0.25, -0.2) is 14.0 Å². The van der Waals surface area contributed by atoms with E-state index in [0.717, 1.165) is 11.1 Å². The van der Waals surface area contributed by atoms with Crippen LogP contribution >= 0.6 is 0 Å². The molecule has 0 saturated carbocycles. The fourth-order valence-corrected chi connectivity index (χ4v) is 4.82. The molecule has 1 N–H and O–H groups in total. The van der Waals surface area contributed by atoms with Crippen LogP contribution in [-0.4, -0.2) is 67.7 Å². The van der Waals surface area contributed by atoms with Crippen LogP contribution in [-0.2, 0) is 9.53 Å². The predicted molar refractivity (Wildman–Crippen MR) is 134 cm³/mol. The number of carbonyl (C=O) groups excluding carboxylic acids is 2. The first-order valence-corrected chi connectivity index (χ1v) is 12.2. The van der Waals surface area contributed by atoms with Crippen molar-refractivity contribution in [2.75, 3.05) is 50.8 Å². The van der Waals surface area contributed by atoms with Crippen molar-refractivity contribution in [1.29, 1.82) is 0 Å². The number of halogens is 1. The van der Waals surface area contributed by atoms with Crippen LogP contribution in [0, 0.1) is 12.7 Å². The quantitative estimate of drug-likeness (QED) is 0.610. The molecule has 2 amide bonds. The van der Waals surface area contributed by atoms with Crippen molar-refractivity contribution in [3.8, 4) is 0 Å². The van der Waals surface area contributed by atoms with Crippen LogP contribution < -0.4 is 10.2 Å². The molecule has 7 nitrogen and oxygen atoms in total. The maximum atomic E-state index is 14.3. The third-order valence-electron chi connectivity index (χ3n) is 6.56. The zero-order chi connectivity index (χ0) is 24.9. The summed E-state index contributed by atoms with van der Waals surface area (Å²) in [6, 6.07) is 13.8. The molecule has 4 rings (SSSR count). The maximum absolute atomic E-state index is 14.3. The fraction of sp³-hybridized carbons (Fsp3) is 0.407. The predicted octanol–water partition coefficient (Wildman–Crippen LogP) is 3.86. The van der Waals surface area contributed by atoms with Gasteiger partial charge in [0.2, 0.25) is 0 Å². The summed E-state index contributed by atoms with van der Waals surface area (Å²) in [4.78, 5) is 32.2. The molecule has 1 saturated heterocycles. The topological polar surface area (TPSA) is 65.1 Å². The summed E-state index contributed by atoms with van der Waals surface area (Å²) in [7, 11) is 0. The highest BCUT2D eigenvalue weighted by Crippen LogP contribution is 2.32. The van der Waals surface area contributed by atoms with Crippen molar-refractivity contribution in [2.45, 2.75) is 26.8 Å². The molecule has 0 radical (unpaired) electrons. The molecule has 1 fully saturated rings. The fourth-order valence-electron chi connectivity index (χ4n) is 4.82. The van der Waals surface area contributed by atoms with Gasteiger partial charge in [-0.3, -0.25) is 9.80 Å². The van der Waals surface area contributed by atoms with E-state index in [1.165, 1.54) is 6.07 Å². The lowest BCUT2D eigenvalue weighted by Gasteiger charge is -2.41. The number of amides is 2. The number of rotatable bonds is 7. The van der Waals surface area contributed by atoms with Gasteiger partial charge in [0.05, 0.1) is 23.9 Å². The van der Waals surface area contributed by atoms with Gasteiger partial charge in [-0.1, -0.05) is 42.0 Å². The van der Waals surface area contributed by atoms with Gasteiger partial charge in [0, 0.05) is 45.0 Å². The minimum Gasteiger partial charge on any atom is -0.463 e. The molecule has 0 bridgehead atoms. The van der Waals surface area contributed by atoms with Gasteiger partial charge < -0.3 is 15.0 Å². The number of hydrogen-bond donors (Lipinski definition) is 1. The zero-order valence-electron chi connectivity index (χ0n) is 20.6. The summed E-state index contributed by atoms with van der Waals surface area (Å²) in [6.07, 6.45) is 0. The number of aryl methyl sites for hydroxylation is 1. The van der Waals surface area contributed by atoms with Crippen molar-refractivity contribution in [3.63, 3.8) is 0 Å². The molecule has 2 aromatic rings. The average Bonchev–Trinajstić information content (AvgIpc) is 2.85. The van der Waals surface area contributed by atoms with Crippen molar-refractivity contribution < 1.29 is 18.7 Å². The molecule has 2 heterocycles. The summed E-state index contributed by atoms with van der Waals surface area (Å²) in [5, 5.41) is 3.01. The van der Waals surface area contributed by atoms with E-state index in [0.29, 0.717) is 56.2 Å². The molecule has 1 atom stereocenters. The first-order valence-electron chi connectivity index (χ1n) is 12.2. The van der Waals surface area contributed by atoms with Gasteiger partial charge >= 0.3 is 12.0 Å². The van der Waals surface area contributed by atoms with Crippen LogP contribution in [0.4, 0.5) is 14.9 Å². The van der Waals surface area contributed by atoms with Gasteiger partial charge in [0.15, 0.2) is 0 Å². The van der Waals surface area contributed by atoms with Crippen LogP contribution in [0.15, 0.2) is 59.8 Å². The normalized spacial score (nSPS) is 19.1. The molecule has 186 valence electrons. The molecule has 0 unspecified atom stereocenters. The number of nitrogens with one attached hydrogen (secondary N) is 1. The second-order valence-corrected chi connectivity index (χ2v) is 8.84. The minimum atomic E-state index is -0.584. The van der Waals surface area contributed by atoms with E-state index in [1.807, 2.05) is 49.1 Å². The van der Waals surface area contributed by atoms with E-state index >= 15 is 0 Å². The van der Waals surface area contributed by atoms with Crippen molar-refractivity contribution >= 4 is 17.7 Å². The molecule has 0 spiro atoms. The molecule has 8 heteroatoms. The molecule has 2 aliphatic heterocycles. The number of piperazine rings is 1. The van der Waals surface area contributed by atoms with E-state index in [4.69, 9.17) is 4.74 Å². The lowest BCUT2D eigenvalue weighted by Crippen LogP contribution is -2.53. The second kappa shape index (κ2) is 10.9. The Bertz CT molecular complexity index is 1110. The average molecular weight is 481 g/mol. The number of urea groups is 1. The molecule has 0 aromatic heterocycles. The first kappa shape index (κ1) is 24.7. The van der Waals surface area contributed by atoms with Crippen molar-refractivity contribution in [1.82, 2.24) is 15.1 Å². The summed E-state index contributed by atoms with van der Waals surface area (Å²) < 4.78 is 19.7. The van der Waals surface area contributed by atoms with Gasteiger partial charge in [0.25, 0.3) is 0 Å². The minimum absolute atomic E-state index is 0.227. The summed E-state index contributed by atoms with van der Waals surface area (Å²) in [6.45, 7) is 9.44. The Balaban J connectivity index is 1.64. The molecule has 35 heavy (non-hydrogen) atoms. The van der Waals surface area contributed by atoms with Crippen LogP contribution in [0.3, 0.4) is 0 Å².